The van der Waals surface area contributed by atoms with Crippen molar-refractivity contribution >= 4 is 5.97 Å². The number of carboxylic acid groups (broad SMARTS) is 1. The summed E-state index contributed by atoms with van der Waals surface area (Å²) < 4.78 is 0. The molecule has 5 heteroatoms. The Labute approximate surface area is 123 Å². The SMILES string of the molecule is O=C(O)CC(NCc1cccnc1)C(O)c1ccccc1. The van der Waals surface area contributed by atoms with Crippen LogP contribution >= 0.6 is 0 Å². The maximum Gasteiger partial charge on any atom is 0.305 e. The lowest BCUT2D eigenvalue weighted by Crippen LogP contribution is -2.36. The minimum absolute atomic E-state index is 0.156. The summed E-state index contributed by atoms with van der Waals surface area (Å²) in [7, 11) is 0. The van der Waals surface area contributed by atoms with Gasteiger partial charge in [0.1, 0.15) is 0 Å². The van der Waals surface area contributed by atoms with Gasteiger partial charge in [0, 0.05) is 25.0 Å². The third kappa shape index (κ3) is 4.66. The Balaban J connectivity index is 2.05. The lowest BCUT2D eigenvalue weighted by atomic mass is 9.99. The third-order valence-corrected chi connectivity index (χ3v) is 3.21. The Morgan fingerprint density at radius 1 is 1.19 bits per heavy atom. The number of pyridine rings is 1. The molecule has 0 saturated carbocycles. The van der Waals surface area contributed by atoms with Crippen molar-refractivity contribution in [1.82, 2.24) is 10.3 Å². The highest BCUT2D eigenvalue weighted by atomic mass is 16.4. The molecule has 0 radical (unpaired) electrons. The van der Waals surface area contributed by atoms with Crippen LogP contribution < -0.4 is 5.32 Å². The molecule has 110 valence electrons. The molecule has 1 aromatic heterocycles. The van der Waals surface area contributed by atoms with Gasteiger partial charge in [-0.3, -0.25) is 9.78 Å². The normalized spacial score (nSPS) is 13.6. The van der Waals surface area contributed by atoms with Crippen LogP contribution in [0.25, 0.3) is 0 Å². The second-order valence-corrected chi connectivity index (χ2v) is 4.80. The van der Waals surface area contributed by atoms with Crippen LogP contribution in [-0.4, -0.2) is 27.2 Å². The van der Waals surface area contributed by atoms with Crippen molar-refractivity contribution in [3.05, 3.63) is 66.0 Å². The molecule has 2 aromatic rings. The fraction of sp³-hybridized carbons (Fsp3) is 0.250. The van der Waals surface area contributed by atoms with E-state index in [0.717, 1.165) is 5.56 Å². The second kappa shape index (κ2) is 7.52. The molecule has 1 aromatic carbocycles. The molecule has 21 heavy (non-hydrogen) atoms. The van der Waals surface area contributed by atoms with Crippen molar-refractivity contribution < 1.29 is 15.0 Å². The Hall–Kier alpha value is -2.24. The molecule has 3 N–H and O–H groups in total. The highest BCUT2D eigenvalue weighted by Crippen LogP contribution is 2.19. The van der Waals surface area contributed by atoms with E-state index in [0.29, 0.717) is 12.1 Å². The average Bonchev–Trinajstić information content (AvgIpc) is 2.52. The summed E-state index contributed by atoms with van der Waals surface area (Å²) in [6.45, 7) is 0.454. The Morgan fingerprint density at radius 2 is 1.95 bits per heavy atom. The summed E-state index contributed by atoms with van der Waals surface area (Å²) in [5.74, 6) is -0.950. The van der Waals surface area contributed by atoms with E-state index >= 15 is 0 Å². The first kappa shape index (κ1) is 15.2. The van der Waals surface area contributed by atoms with Crippen molar-refractivity contribution in [3.63, 3.8) is 0 Å². The first-order valence-electron chi connectivity index (χ1n) is 6.74. The van der Waals surface area contributed by atoms with Gasteiger partial charge in [-0.2, -0.15) is 0 Å². The van der Waals surface area contributed by atoms with Gasteiger partial charge in [0.15, 0.2) is 0 Å². The number of nitrogens with one attached hydrogen (secondary N) is 1. The lowest BCUT2D eigenvalue weighted by Gasteiger charge is -2.23. The number of aromatic nitrogens is 1. The molecule has 2 atom stereocenters. The molecule has 0 aliphatic rings. The number of benzene rings is 1. The van der Waals surface area contributed by atoms with Crippen LogP contribution in [-0.2, 0) is 11.3 Å². The van der Waals surface area contributed by atoms with Crippen LogP contribution in [0.4, 0.5) is 0 Å². The number of aliphatic hydroxyl groups is 1. The van der Waals surface area contributed by atoms with E-state index in [-0.39, 0.29) is 6.42 Å². The van der Waals surface area contributed by atoms with E-state index in [2.05, 4.69) is 10.3 Å². The van der Waals surface area contributed by atoms with Gasteiger partial charge < -0.3 is 15.5 Å². The first-order valence-corrected chi connectivity index (χ1v) is 6.74. The molecule has 2 unspecified atom stereocenters. The number of carbonyl (C=O) groups is 1. The zero-order valence-electron chi connectivity index (χ0n) is 11.5. The van der Waals surface area contributed by atoms with Gasteiger partial charge in [-0.25, -0.2) is 0 Å². The fourth-order valence-corrected chi connectivity index (χ4v) is 2.12. The molecule has 0 bridgehead atoms. The van der Waals surface area contributed by atoms with Crippen molar-refractivity contribution in [1.29, 1.82) is 0 Å². The summed E-state index contributed by atoms with van der Waals surface area (Å²) in [5.41, 5.74) is 1.63. The van der Waals surface area contributed by atoms with Gasteiger partial charge in [0.25, 0.3) is 0 Å². The van der Waals surface area contributed by atoms with Gasteiger partial charge in [-0.15, -0.1) is 0 Å². The summed E-state index contributed by atoms with van der Waals surface area (Å²) in [6, 6.07) is 12.2. The van der Waals surface area contributed by atoms with E-state index in [4.69, 9.17) is 5.11 Å². The van der Waals surface area contributed by atoms with E-state index in [9.17, 15) is 9.90 Å². The predicted molar refractivity (Wildman–Crippen MR) is 78.5 cm³/mol. The van der Waals surface area contributed by atoms with E-state index in [1.807, 2.05) is 30.3 Å². The molecule has 5 nitrogen and oxygen atoms in total. The average molecular weight is 286 g/mol. The molecule has 1 heterocycles. The zero-order chi connectivity index (χ0) is 15.1. The molecular weight excluding hydrogens is 268 g/mol. The molecular formula is C16H18N2O3. The van der Waals surface area contributed by atoms with E-state index in [1.54, 1.807) is 24.5 Å². The largest absolute Gasteiger partial charge is 0.481 e. The van der Waals surface area contributed by atoms with Crippen molar-refractivity contribution in [3.8, 4) is 0 Å². The number of aliphatic hydroxyl groups excluding tert-OH is 1. The molecule has 2 rings (SSSR count). The number of hydrogen-bond acceptors (Lipinski definition) is 4. The van der Waals surface area contributed by atoms with Crippen molar-refractivity contribution in [2.75, 3.05) is 0 Å². The predicted octanol–water partition coefficient (Wildman–Crippen LogP) is 1.75. The number of carboxylic acids is 1. The third-order valence-electron chi connectivity index (χ3n) is 3.21. The highest BCUT2D eigenvalue weighted by Gasteiger charge is 2.23. The Kier molecular flexibility index (Phi) is 5.43. The molecule has 0 saturated heterocycles. The quantitative estimate of drug-likeness (QED) is 0.722. The van der Waals surface area contributed by atoms with E-state index in [1.165, 1.54) is 0 Å². The maximum atomic E-state index is 11.0. The van der Waals surface area contributed by atoms with Crippen molar-refractivity contribution in [2.24, 2.45) is 0 Å². The van der Waals surface area contributed by atoms with Crippen LogP contribution in [0.15, 0.2) is 54.9 Å². The van der Waals surface area contributed by atoms with Gasteiger partial charge in [-0.1, -0.05) is 36.4 Å². The van der Waals surface area contributed by atoms with Crippen molar-refractivity contribution in [2.45, 2.75) is 25.1 Å². The van der Waals surface area contributed by atoms with Crippen LogP contribution in [0.2, 0.25) is 0 Å². The standard InChI is InChI=1S/C16H18N2O3/c19-15(20)9-14(16(21)13-6-2-1-3-7-13)18-11-12-5-4-8-17-10-12/h1-8,10,14,16,18,21H,9,11H2,(H,19,20). The molecule has 0 spiro atoms. The number of aliphatic carboxylic acids is 1. The molecule has 0 aliphatic carbocycles. The van der Waals surface area contributed by atoms with Gasteiger partial charge >= 0.3 is 5.97 Å². The Morgan fingerprint density at radius 3 is 2.57 bits per heavy atom. The minimum Gasteiger partial charge on any atom is -0.481 e. The van der Waals surface area contributed by atoms with Gasteiger partial charge in [-0.05, 0) is 17.2 Å². The monoisotopic (exact) mass is 286 g/mol. The number of nitrogens with zero attached hydrogens (tertiary/aromatic N) is 1. The lowest BCUT2D eigenvalue weighted by molar-refractivity contribution is -0.138. The second-order valence-electron chi connectivity index (χ2n) is 4.80. The molecule has 0 amide bonds. The maximum absolute atomic E-state index is 11.0. The topological polar surface area (TPSA) is 82.5 Å². The van der Waals surface area contributed by atoms with Crippen LogP contribution in [0.1, 0.15) is 23.7 Å². The summed E-state index contributed by atoms with van der Waals surface area (Å²) in [4.78, 5) is 15.0. The molecule has 0 fully saturated rings. The number of hydrogen-bond donors (Lipinski definition) is 3. The fourth-order valence-electron chi connectivity index (χ4n) is 2.12. The van der Waals surface area contributed by atoms with Crippen LogP contribution in [0, 0.1) is 0 Å². The summed E-state index contributed by atoms with van der Waals surface area (Å²) in [6.07, 6.45) is 2.35. The van der Waals surface area contributed by atoms with Crippen LogP contribution in [0.3, 0.4) is 0 Å². The summed E-state index contributed by atoms with van der Waals surface area (Å²) in [5, 5.41) is 22.5. The minimum atomic E-state index is -0.950. The first-order chi connectivity index (χ1) is 10.2. The van der Waals surface area contributed by atoms with Gasteiger partial charge in [0.2, 0.25) is 0 Å². The van der Waals surface area contributed by atoms with Crippen LogP contribution in [0.5, 0.6) is 0 Å². The number of rotatable bonds is 7. The summed E-state index contributed by atoms with van der Waals surface area (Å²) >= 11 is 0. The van der Waals surface area contributed by atoms with E-state index < -0.39 is 18.1 Å². The zero-order valence-corrected chi connectivity index (χ0v) is 11.5. The molecule has 0 aliphatic heterocycles. The highest BCUT2D eigenvalue weighted by molar-refractivity contribution is 5.67. The Bertz CT molecular complexity index is 560. The smallest absolute Gasteiger partial charge is 0.305 e. The van der Waals surface area contributed by atoms with Gasteiger partial charge in [0.05, 0.1) is 12.5 Å².